The van der Waals surface area contributed by atoms with Crippen LogP contribution in [0.15, 0.2) is 24.4 Å². The minimum Gasteiger partial charge on any atom is -0.504 e. The quantitative estimate of drug-likeness (QED) is 0.367. The highest BCUT2D eigenvalue weighted by Gasteiger charge is 2.56. The van der Waals surface area contributed by atoms with Crippen LogP contribution in [0.4, 0.5) is 0 Å². The topological polar surface area (TPSA) is 123 Å². The number of fused-ring (bicyclic) bond motifs is 7. The van der Waals surface area contributed by atoms with Crippen molar-refractivity contribution in [3.05, 3.63) is 69.0 Å². The lowest BCUT2D eigenvalue weighted by Crippen LogP contribution is -2.68. The molecule has 10 nitrogen and oxygen atoms in total. The standard InChI is InChI=1S/C34H41N5O5/c1-17-18(2)33(43-6)31(41)28-21(17)12-23-25(14-35)39-24(29(28)38(23)4)13-22-27(30(40)34(44-7)19(3)32(22)42-5)26(39)16-36-15-20-10-8-9-11-37-20/h8-11,23-26,29,36,40-41H,12-13,15-16H2,1-7H3/t23-,24-,25-,26-,29-/m0/s1. The molecule has 2 aromatic carbocycles. The number of piperazine rings is 1. The molecule has 0 radical (unpaired) electrons. The van der Waals surface area contributed by atoms with Gasteiger partial charge in [-0.05, 0) is 69.5 Å². The molecule has 0 aliphatic carbocycles. The number of nitrogens with zero attached hydrogens (tertiary/aromatic N) is 4. The maximum absolute atomic E-state index is 11.8. The number of nitriles is 1. The molecule has 3 aliphatic heterocycles. The van der Waals surface area contributed by atoms with Crippen molar-refractivity contribution in [1.29, 1.82) is 5.26 Å². The summed E-state index contributed by atoms with van der Waals surface area (Å²) in [5.41, 5.74) is 7.16. The predicted octanol–water partition coefficient (Wildman–Crippen LogP) is 4.01. The predicted molar refractivity (Wildman–Crippen MR) is 165 cm³/mol. The minimum atomic E-state index is -0.481. The summed E-state index contributed by atoms with van der Waals surface area (Å²) in [5, 5.41) is 37.9. The average molecular weight is 600 g/mol. The maximum Gasteiger partial charge on any atom is 0.167 e. The van der Waals surface area contributed by atoms with Crippen molar-refractivity contribution in [2.75, 3.05) is 34.9 Å². The molecule has 3 N–H and O–H groups in total. The SMILES string of the molecule is COc1c(C)c(C)c2c(c1O)[C@@H]1[C@@H]3Cc4c(OC)c(C)c(OC)c(O)c4[C@H](CNCc4ccccn4)N3[C@@H](C#N)[C@H](C2)N1C. The zero-order valence-corrected chi connectivity index (χ0v) is 26.4. The van der Waals surface area contributed by atoms with E-state index < -0.39 is 12.1 Å². The Morgan fingerprint density at radius 1 is 0.909 bits per heavy atom. The molecule has 0 amide bonds. The van der Waals surface area contributed by atoms with Crippen molar-refractivity contribution in [3.63, 3.8) is 0 Å². The molecule has 6 rings (SSSR count). The zero-order valence-electron chi connectivity index (χ0n) is 26.4. The highest BCUT2D eigenvalue weighted by molar-refractivity contribution is 5.66. The van der Waals surface area contributed by atoms with Gasteiger partial charge >= 0.3 is 0 Å². The van der Waals surface area contributed by atoms with Crippen molar-refractivity contribution in [3.8, 4) is 34.8 Å². The number of hydrogen-bond acceptors (Lipinski definition) is 10. The van der Waals surface area contributed by atoms with Gasteiger partial charge in [-0.25, -0.2) is 0 Å². The first-order valence-electron chi connectivity index (χ1n) is 15.0. The Morgan fingerprint density at radius 3 is 2.20 bits per heavy atom. The largest absolute Gasteiger partial charge is 0.504 e. The van der Waals surface area contributed by atoms with Crippen LogP contribution in [0.25, 0.3) is 0 Å². The number of nitrogens with one attached hydrogen (secondary N) is 1. The Labute approximate surface area is 258 Å². The number of benzene rings is 2. The number of aromatic nitrogens is 1. The number of phenols is 2. The van der Waals surface area contributed by atoms with Gasteiger partial charge in [0.25, 0.3) is 0 Å². The third kappa shape index (κ3) is 4.29. The number of hydrogen-bond donors (Lipinski definition) is 3. The van der Waals surface area contributed by atoms with Gasteiger partial charge in [-0.15, -0.1) is 0 Å². The monoisotopic (exact) mass is 599 g/mol. The van der Waals surface area contributed by atoms with Crippen LogP contribution in [0.5, 0.6) is 28.7 Å². The van der Waals surface area contributed by atoms with E-state index >= 15 is 0 Å². The smallest absolute Gasteiger partial charge is 0.167 e. The molecular weight excluding hydrogens is 558 g/mol. The molecule has 4 heterocycles. The van der Waals surface area contributed by atoms with Crippen LogP contribution in [-0.2, 0) is 19.4 Å². The minimum absolute atomic E-state index is 0.0704. The molecule has 232 valence electrons. The molecule has 2 bridgehead atoms. The fraction of sp³-hybridized carbons (Fsp3) is 0.471. The maximum atomic E-state index is 11.8. The van der Waals surface area contributed by atoms with E-state index in [1.807, 2.05) is 32.0 Å². The average Bonchev–Trinajstić information content (AvgIpc) is 3.01. The van der Waals surface area contributed by atoms with E-state index in [0.717, 1.165) is 39.1 Å². The molecule has 1 aromatic heterocycles. The van der Waals surface area contributed by atoms with Crippen molar-refractivity contribution in [1.82, 2.24) is 20.1 Å². The lowest BCUT2D eigenvalue weighted by molar-refractivity contribution is -0.0727. The molecule has 44 heavy (non-hydrogen) atoms. The summed E-state index contributed by atoms with van der Waals surface area (Å²) in [7, 11) is 6.83. The van der Waals surface area contributed by atoms with Gasteiger partial charge in [0, 0.05) is 53.6 Å². The molecular formula is C34H41N5O5. The first kappa shape index (κ1) is 30.0. The fourth-order valence-electron chi connectivity index (χ4n) is 8.18. The second-order valence-electron chi connectivity index (χ2n) is 12.1. The lowest BCUT2D eigenvalue weighted by Gasteiger charge is -2.60. The summed E-state index contributed by atoms with van der Waals surface area (Å²) in [5.74, 6) is 1.76. The van der Waals surface area contributed by atoms with Crippen LogP contribution in [0.1, 0.15) is 56.7 Å². The second-order valence-corrected chi connectivity index (χ2v) is 12.1. The van der Waals surface area contributed by atoms with E-state index in [9.17, 15) is 15.5 Å². The van der Waals surface area contributed by atoms with Crippen LogP contribution in [-0.4, -0.2) is 78.0 Å². The number of rotatable bonds is 7. The van der Waals surface area contributed by atoms with Gasteiger partial charge in [-0.1, -0.05) is 6.07 Å². The first-order valence-corrected chi connectivity index (χ1v) is 15.0. The Balaban J connectivity index is 1.56. The van der Waals surface area contributed by atoms with E-state index in [1.165, 1.54) is 0 Å². The highest BCUT2D eigenvalue weighted by atomic mass is 16.5. The first-order chi connectivity index (χ1) is 21.2. The van der Waals surface area contributed by atoms with Crippen molar-refractivity contribution in [2.24, 2.45) is 0 Å². The fourth-order valence-corrected chi connectivity index (χ4v) is 8.18. The van der Waals surface area contributed by atoms with E-state index in [4.69, 9.17) is 14.2 Å². The number of likely N-dealkylation sites (N-methyl/N-ethyl adjacent to an activating group) is 1. The van der Waals surface area contributed by atoms with Crippen molar-refractivity contribution in [2.45, 2.75) is 70.4 Å². The second kappa shape index (κ2) is 11.5. The van der Waals surface area contributed by atoms with Gasteiger partial charge in [-0.3, -0.25) is 14.8 Å². The normalized spacial score (nSPS) is 24.1. The van der Waals surface area contributed by atoms with E-state index in [-0.39, 0.29) is 29.6 Å². The molecule has 0 saturated carbocycles. The molecule has 0 spiro atoms. The number of methoxy groups -OCH3 is 3. The van der Waals surface area contributed by atoms with E-state index in [0.29, 0.717) is 48.7 Å². The van der Waals surface area contributed by atoms with Crippen molar-refractivity contribution >= 4 is 0 Å². The Kier molecular flexibility index (Phi) is 7.82. The van der Waals surface area contributed by atoms with Crippen LogP contribution in [0.2, 0.25) is 0 Å². The van der Waals surface area contributed by atoms with Crippen LogP contribution >= 0.6 is 0 Å². The molecule has 0 unspecified atom stereocenters. The van der Waals surface area contributed by atoms with Gasteiger partial charge in [0.2, 0.25) is 0 Å². The summed E-state index contributed by atoms with van der Waals surface area (Å²) < 4.78 is 17.4. The van der Waals surface area contributed by atoms with Gasteiger partial charge in [0.05, 0.1) is 45.2 Å². The molecule has 1 saturated heterocycles. The number of phenolic OH excluding ortho intramolecular Hbond substituents is 2. The Hall–Kier alpha value is -4.04. The lowest BCUT2D eigenvalue weighted by atomic mass is 9.70. The number of aromatic hydroxyl groups is 2. The molecule has 3 aromatic rings. The van der Waals surface area contributed by atoms with Gasteiger partial charge in [0.1, 0.15) is 11.8 Å². The van der Waals surface area contributed by atoms with Crippen molar-refractivity contribution < 1.29 is 24.4 Å². The number of pyridine rings is 1. The van der Waals surface area contributed by atoms with Crippen LogP contribution in [0.3, 0.4) is 0 Å². The molecule has 5 atom stereocenters. The van der Waals surface area contributed by atoms with E-state index in [2.05, 4.69) is 40.1 Å². The summed E-state index contributed by atoms with van der Waals surface area (Å²) in [6, 6.07) is 7.01. The van der Waals surface area contributed by atoms with Crippen LogP contribution in [0, 0.1) is 32.1 Å². The Bertz CT molecular complexity index is 1640. The van der Waals surface area contributed by atoms with E-state index in [1.54, 1.807) is 27.5 Å². The number of ether oxygens (including phenoxy) is 3. The molecule has 1 fully saturated rings. The highest BCUT2D eigenvalue weighted by Crippen LogP contribution is 2.57. The summed E-state index contributed by atoms with van der Waals surface area (Å²) in [6.07, 6.45) is 2.88. The Morgan fingerprint density at radius 2 is 1.57 bits per heavy atom. The van der Waals surface area contributed by atoms with Gasteiger partial charge in [0.15, 0.2) is 23.0 Å². The third-order valence-electron chi connectivity index (χ3n) is 10.2. The molecule has 10 heteroatoms. The third-order valence-corrected chi connectivity index (χ3v) is 10.2. The summed E-state index contributed by atoms with van der Waals surface area (Å²) in [6.45, 7) is 6.90. The van der Waals surface area contributed by atoms with Crippen LogP contribution < -0.4 is 19.5 Å². The molecule has 3 aliphatic rings. The zero-order chi connectivity index (χ0) is 31.4. The summed E-state index contributed by atoms with van der Waals surface area (Å²) in [4.78, 5) is 8.99. The van der Waals surface area contributed by atoms with Gasteiger partial charge < -0.3 is 29.7 Å². The van der Waals surface area contributed by atoms with Gasteiger partial charge in [-0.2, -0.15) is 5.26 Å². The summed E-state index contributed by atoms with van der Waals surface area (Å²) >= 11 is 0.